The normalized spacial score (nSPS) is 24.6. The third-order valence-electron chi connectivity index (χ3n) is 2.44. The van der Waals surface area contributed by atoms with Crippen LogP contribution < -0.4 is 5.32 Å². The van der Waals surface area contributed by atoms with Gasteiger partial charge in [-0.25, -0.2) is 8.42 Å². The van der Waals surface area contributed by atoms with Crippen molar-refractivity contribution in [3.63, 3.8) is 0 Å². The lowest BCUT2D eigenvalue weighted by molar-refractivity contribution is -0.270. The molecule has 0 radical (unpaired) electrons. The van der Waals surface area contributed by atoms with Crippen molar-refractivity contribution < 1.29 is 35.2 Å². The fourth-order valence-corrected chi connectivity index (χ4v) is 3.18. The minimum atomic E-state index is -6.00. The summed E-state index contributed by atoms with van der Waals surface area (Å²) >= 11 is 0. The van der Waals surface area contributed by atoms with Crippen LogP contribution in [0.5, 0.6) is 0 Å². The molecule has 1 fully saturated rings. The summed E-state index contributed by atoms with van der Waals surface area (Å²) < 4.78 is 83.0. The molecule has 10 heteroatoms. The maximum atomic E-state index is 12.6. The Morgan fingerprint density at radius 2 is 1.72 bits per heavy atom. The first kappa shape index (κ1) is 15.1. The molecule has 106 valence electrons. The van der Waals surface area contributed by atoms with Crippen molar-refractivity contribution in [3.05, 3.63) is 0 Å². The molecule has 1 unspecified atom stereocenters. The average Bonchev–Trinajstić information content (AvgIpc) is 2.13. The van der Waals surface area contributed by atoms with Gasteiger partial charge in [0.25, 0.3) is 0 Å². The lowest BCUT2D eigenvalue weighted by Gasteiger charge is -2.26. The highest BCUT2D eigenvalue weighted by atomic mass is 32.2. The van der Waals surface area contributed by atoms with E-state index in [1.54, 1.807) is 0 Å². The summed E-state index contributed by atoms with van der Waals surface area (Å²) in [4.78, 5) is 10.8. The van der Waals surface area contributed by atoms with Crippen molar-refractivity contribution in [1.82, 2.24) is 5.32 Å². The van der Waals surface area contributed by atoms with Crippen LogP contribution in [0.25, 0.3) is 0 Å². The van der Waals surface area contributed by atoms with Gasteiger partial charge in [-0.15, -0.1) is 0 Å². The van der Waals surface area contributed by atoms with Gasteiger partial charge in [-0.1, -0.05) is 0 Å². The summed E-state index contributed by atoms with van der Waals surface area (Å²) in [6.07, 6.45) is -5.82. The third-order valence-corrected chi connectivity index (χ3v) is 4.26. The summed E-state index contributed by atoms with van der Waals surface area (Å²) in [7, 11) is -3.50. The van der Waals surface area contributed by atoms with Gasteiger partial charge in [0.2, 0.25) is 0 Å². The zero-order valence-electron chi connectivity index (χ0n) is 8.93. The largest absolute Gasteiger partial charge is 0.463 e. The Hall–Kier alpha value is -0.930. The van der Waals surface area contributed by atoms with E-state index in [1.165, 1.54) is 5.32 Å². The molecular formula is C8H10F5NO3S. The number of rotatable bonds is 2. The van der Waals surface area contributed by atoms with Gasteiger partial charge < -0.3 is 5.32 Å². The highest BCUT2D eigenvalue weighted by molar-refractivity contribution is 7.91. The number of hydrogen-bond acceptors (Lipinski definition) is 3. The van der Waals surface area contributed by atoms with Crippen LogP contribution in [-0.2, 0) is 14.6 Å². The minimum absolute atomic E-state index is 0.0545. The molecular weight excluding hydrogens is 285 g/mol. The van der Waals surface area contributed by atoms with Crippen LogP contribution in [0.2, 0.25) is 0 Å². The molecule has 0 aromatic rings. The van der Waals surface area contributed by atoms with Crippen LogP contribution in [0.3, 0.4) is 0 Å². The van der Waals surface area contributed by atoms with E-state index in [0.717, 1.165) is 0 Å². The fraction of sp³-hybridized carbons (Fsp3) is 0.875. The maximum absolute atomic E-state index is 12.6. The number of sulfone groups is 1. The quantitative estimate of drug-likeness (QED) is 0.769. The van der Waals surface area contributed by atoms with E-state index in [4.69, 9.17) is 0 Å². The SMILES string of the molecule is O=C(NC1CCCS(=O)(=O)C1)C(F)(F)C(F)(F)F. The number of nitrogens with one attached hydrogen (secondary N) is 1. The van der Waals surface area contributed by atoms with Crippen molar-refractivity contribution in [2.24, 2.45) is 0 Å². The standard InChI is InChI=1S/C8H10F5NO3S/c9-7(10,8(11,12)13)6(15)14-5-2-1-3-18(16,17)4-5/h5H,1-4H2,(H,14,15). The van der Waals surface area contributed by atoms with Crippen molar-refractivity contribution in [3.8, 4) is 0 Å². The van der Waals surface area contributed by atoms with Gasteiger partial charge in [0, 0.05) is 6.04 Å². The topological polar surface area (TPSA) is 63.2 Å². The molecule has 18 heavy (non-hydrogen) atoms. The molecule has 0 aromatic carbocycles. The molecule has 1 rings (SSSR count). The summed E-state index contributed by atoms with van der Waals surface area (Å²) in [5.41, 5.74) is 0. The molecule has 0 saturated carbocycles. The molecule has 1 atom stereocenters. The number of alkyl halides is 5. The number of carbonyl (C=O) groups excluding carboxylic acids is 1. The summed E-state index contributed by atoms with van der Waals surface area (Å²) in [6.45, 7) is 0. The lowest BCUT2D eigenvalue weighted by Crippen LogP contribution is -2.55. The molecule has 1 heterocycles. The Labute approximate surface area is 99.5 Å². The second kappa shape index (κ2) is 4.63. The Bertz CT molecular complexity index is 431. The van der Waals surface area contributed by atoms with E-state index in [1.807, 2.05) is 0 Å². The first-order valence-corrected chi connectivity index (χ1v) is 6.74. The van der Waals surface area contributed by atoms with Crippen LogP contribution in [0.1, 0.15) is 12.8 Å². The van der Waals surface area contributed by atoms with Crippen LogP contribution >= 0.6 is 0 Å². The van der Waals surface area contributed by atoms with Gasteiger partial charge in [0.1, 0.15) is 0 Å². The highest BCUT2D eigenvalue weighted by Crippen LogP contribution is 2.35. The van der Waals surface area contributed by atoms with Crippen LogP contribution in [0, 0.1) is 0 Å². The maximum Gasteiger partial charge on any atom is 0.463 e. The highest BCUT2D eigenvalue weighted by Gasteiger charge is 2.63. The van der Waals surface area contributed by atoms with E-state index in [-0.39, 0.29) is 18.6 Å². The molecule has 1 N–H and O–H groups in total. The van der Waals surface area contributed by atoms with Gasteiger partial charge in [-0.2, -0.15) is 22.0 Å². The second-order valence-corrected chi connectivity index (χ2v) is 6.23. The molecule has 1 aliphatic heterocycles. The Balaban J connectivity index is 2.71. The first-order chi connectivity index (χ1) is 7.96. The average molecular weight is 295 g/mol. The van der Waals surface area contributed by atoms with E-state index in [0.29, 0.717) is 0 Å². The van der Waals surface area contributed by atoms with Crippen molar-refractivity contribution in [1.29, 1.82) is 0 Å². The zero-order chi connectivity index (χ0) is 14.2. The summed E-state index contributed by atoms with van der Waals surface area (Å²) in [5, 5.41) is 1.43. The van der Waals surface area contributed by atoms with Crippen molar-refractivity contribution in [2.75, 3.05) is 11.5 Å². The van der Waals surface area contributed by atoms with Crippen LogP contribution in [0.15, 0.2) is 0 Å². The zero-order valence-corrected chi connectivity index (χ0v) is 9.75. The molecule has 0 aliphatic carbocycles. The Morgan fingerprint density at radius 1 is 1.17 bits per heavy atom. The van der Waals surface area contributed by atoms with E-state index < -0.39 is 39.6 Å². The molecule has 1 amide bonds. The monoisotopic (exact) mass is 295 g/mol. The first-order valence-electron chi connectivity index (χ1n) is 4.91. The van der Waals surface area contributed by atoms with Gasteiger partial charge >= 0.3 is 18.0 Å². The number of amides is 1. The lowest BCUT2D eigenvalue weighted by atomic mass is 10.1. The third kappa shape index (κ3) is 3.30. The minimum Gasteiger partial charge on any atom is -0.347 e. The van der Waals surface area contributed by atoms with Gasteiger partial charge in [-0.3, -0.25) is 4.79 Å². The van der Waals surface area contributed by atoms with E-state index in [2.05, 4.69) is 0 Å². The van der Waals surface area contributed by atoms with Crippen LogP contribution in [-0.4, -0.2) is 44.0 Å². The number of hydrogen-bond donors (Lipinski definition) is 1. The predicted octanol–water partition coefficient (Wildman–Crippen LogP) is 0.877. The second-order valence-electron chi connectivity index (χ2n) is 4.00. The number of carbonyl (C=O) groups is 1. The molecule has 0 spiro atoms. The van der Waals surface area contributed by atoms with Crippen LogP contribution in [0.4, 0.5) is 22.0 Å². The van der Waals surface area contributed by atoms with E-state index >= 15 is 0 Å². The molecule has 0 aromatic heterocycles. The summed E-state index contributed by atoms with van der Waals surface area (Å²) in [5.74, 6) is -8.81. The van der Waals surface area contributed by atoms with Crippen molar-refractivity contribution in [2.45, 2.75) is 31.0 Å². The van der Waals surface area contributed by atoms with Gasteiger partial charge in [-0.05, 0) is 12.8 Å². The Kier molecular flexibility index (Phi) is 3.89. The summed E-state index contributed by atoms with van der Waals surface area (Å²) in [6, 6.07) is -1.20. The molecule has 4 nitrogen and oxygen atoms in total. The van der Waals surface area contributed by atoms with Gasteiger partial charge in [0.15, 0.2) is 9.84 Å². The van der Waals surface area contributed by atoms with Crippen molar-refractivity contribution >= 4 is 15.7 Å². The predicted molar refractivity (Wildman–Crippen MR) is 50.8 cm³/mol. The molecule has 0 bridgehead atoms. The molecule has 1 saturated heterocycles. The Morgan fingerprint density at radius 3 is 2.17 bits per heavy atom. The van der Waals surface area contributed by atoms with Gasteiger partial charge in [0.05, 0.1) is 11.5 Å². The molecule has 1 aliphatic rings. The smallest absolute Gasteiger partial charge is 0.347 e. The fourth-order valence-electron chi connectivity index (χ4n) is 1.54. The van der Waals surface area contributed by atoms with E-state index in [9.17, 15) is 35.2 Å². The number of halogens is 5.